The molecule has 4 heavy (non-hydrogen) atoms. The minimum Gasteiger partial charge on any atom is -0.318 e. The van der Waals surface area contributed by atoms with Gasteiger partial charge in [-0.1, -0.05) is 8.93 Å². The highest BCUT2D eigenvalue weighted by molar-refractivity contribution is 8.06. The number of hydrogen-bond donors (Lipinski definition) is 1. The van der Waals surface area contributed by atoms with E-state index in [0.29, 0.717) is 0 Å². The van der Waals surface area contributed by atoms with Gasteiger partial charge in [0.25, 0.3) is 0 Å². The van der Waals surface area contributed by atoms with Crippen molar-refractivity contribution in [3.63, 3.8) is 0 Å². The molecule has 0 aliphatic heterocycles. The van der Waals surface area contributed by atoms with Crippen molar-refractivity contribution in [1.29, 1.82) is 5.16 Å². The van der Waals surface area contributed by atoms with Gasteiger partial charge < -0.3 is 5.16 Å². The zero-order valence-electron chi connectivity index (χ0n) is 2.58. The van der Waals surface area contributed by atoms with E-state index in [-0.39, 0.29) is 0 Å². The van der Waals surface area contributed by atoms with Gasteiger partial charge in [-0.3, -0.25) is 0 Å². The van der Waals surface area contributed by atoms with Gasteiger partial charge in [-0.2, -0.15) is 0 Å². The molecule has 0 aliphatic carbocycles. The average Bonchev–Trinajstić information content (AvgIpc) is 0.811. The number of rotatable bonds is 0. The second-order valence-electron chi connectivity index (χ2n) is 0.683. The van der Waals surface area contributed by atoms with Crippen LogP contribution in [0.3, 0.4) is 0 Å². The maximum absolute atomic E-state index is 6.65. The van der Waals surface area contributed by atoms with Crippen LogP contribution in [0.1, 0.15) is 0 Å². The van der Waals surface area contributed by atoms with Crippen molar-refractivity contribution in [3.05, 3.63) is 0 Å². The van der Waals surface area contributed by atoms with Crippen LogP contribution in [-0.2, 0) is 0 Å². The van der Waals surface area contributed by atoms with Gasteiger partial charge in [0.15, 0.2) is 0 Å². The van der Waals surface area contributed by atoms with Crippen LogP contribution >= 0.6 is 16.3 Å². The molecule has 0 aliphatic rings. The first-order valence-electron chi connectivity index (χ1n) is 1.04. The summed E-state index contributed by atoms with van der Waals surface area (Å²) >= 11 is 0. The Labute approximate surface area is 29.2 Å². The van der Waals surface area contributed by atoms with Crippen molar-refractivity contribution in [2.75, 3.05) is 6.66 Å². The summed E-state index contributed by atoms with van der Waals surface area (Å²) in [6.07, 6.45) is 0. The first-order valence-corrected chi connectivity index (χ1v) is 4.85. The Morgan fingerprint density at radius 2 is 2.00 bits per heavy atom. The highest BCUT2D eigenvalue weighted by atomic mass is 32.0. The smallest absolute Gasteiger partial charge is 0.0290 e. The van der Waals surface area contributed by atoms with Crippen LogP contribution in [0.15, 0.2) is 0 Å². The van der Waals surface area contributed by atoms with Gasteiger partial charge in [0.1, 0.15) is 0 Å². The van der Waals surface area contributed by atoms with Crippen LogP contribution < -0.4 is 0 Å². The van der Waals surface area contributed by atoms with Gasteiger partial charge >= 0.3 is 0 Å². The standard InChI is InChI=1S/CH7NP2/c1-4(2)3/h2,4H,3H2,1H3. The molecule has 2 unspecified atom stereocenters. The van der Waals surface area contributed by atoms with Crippen LogP contribution in [0.2, 0.25) is 0 Å². The zero-order valence-corrected chi connectivity index (χ0v) is 4.73. The summed E-state index contributed by atoms with van der Waals surface area (Å²) < 4.78 is 0. The first-order chi connectivity index (χ1) is 1.73. The Bertz CT molecular complexity index is 29.0. The first kappa shape index (κ1) is 4.66. The monoisotopic (exact) mass is 95.0 g/mol. The molecule has 0 bridgehead atoms. The highest BCUT2D eigenvalue weighted by Gasteiger charge is 1.51. The summed E-state index contributed by atoms with van der Waals surface area (Å²) in [6.45, 7) is 1.90. The molecule has 0 rings (SSSR count). The Morgan fingerprint density at radius 3 is 2.00 bits per heavy atom. The summed E-state index contributed by atoms with van der Waals surface area (Å²) in [4.78, 5) is 0. The average molecular weight is 95.0 g/mol. The summed E-state index contributed by atoms with van der Waals surface area (Å²) in [5.41, 5.74) is 0. The molecule has 1 N–H and O–H groups in total. The van der Waals surface area contributed by atoms with Crippen molar-refractivity contribution in [2.45, 2.75) is 0 Å². The molecule has 1 nitrogen and oxygen atoms in total. The lowest BCUT2D eigenvalue weighted by molar-refractivity contribution is 1.64. The van der Waals surface area contributed by atoms with Gasteiger partial charge in [0.05, 0.1) is 0 Å². The predicted molar refractivity (Wildman–Crippen MR) is 26.7 cm³/mol. The summed E-state index contributed by atoms with van der Waals surface area (Å²) in [5, 5.41) is 6.65. The van der Waals surface area contributed by atoms with Gasteiger partial charge in [-0.25, -0.2) is 0 Å². The fourth-order valence-corrected chi connectivity index (χ4v) is 0. The molecule has 2 atom stereocenters. The third-order valence-corrected chi connectivity index (χ3v) is 0. The third kappa shape index (κ3) is 16.8. The molecule has 0 aromatic carbocycles. The molecule has 26 valence electrons. The van der Waals surface area contributed by atoms with Crippen LogP contribution in [-0.4, -0.2) is 6.66 Å². The molecule has 0 amide bonds. The lowest BCUT2D eigenvalue weighted by Gasteiger charge is -1.66. The largest absolute Gasteiger partial charge is 0.318 e. The van der Waals surface area contributed by atoms with Crippen molar-refractivity contribution >= 4 is 16.3 Å². The van der Waals surface area contributed by atoms with Gasteiger partial charge in [-0.05, 0) is 14.1 Å². The van der Waals surface area contributed by atoms with Crippen LogP contribution in [0.5, 0.6) is 0 Å². The van der Waals surface area contributed by atoms with Gasteiger partial charge in [0, 0.05) is 0 Å². The Balaban J connectivity index is 2.80. The highest BCUT2D eigenvalue weighted by Crippen LogP contribution is 2.23. The van der Waals surface area contributed by atoms with E-state index in [4.69, 9.17) is 5.16 Å². The maximum atomic E-state index is 6.65. The van der Waals surface area contributed by atoms with Crippen LogP contribution in [0, 0.1) is 5.16 Å². The van der Waals surface area contributed by atoms with E-state index in [1.807, 2.05) is 6.66 Å². The molecule has 0 aromatic heterocycles. The summed E-state index contributed by atoms with van der Waals surface area (Å²) in [5.74, 6) is 0. The van der Waals surface area contributed by atoms with E-state index in [2.05, 4.69) is 8.93 Å². The molecule has 0 saturated heterocycles. The second kappa shape index (κ2) is 1.93. The minimum atomic E-state index is -0.713. The van der Waals surface area contributed by atoms with Crippen LogP contribution in [0.4, 0.5) is 0 Å². The quantitative estimate of drug-likeness (QED) is 0.439. The van der Waals surface area contributed by atoms with Crippen LogP contribution in [0.25, 0.3) is 0 Å². The van der Waals surface area contributed by atoms with Crippen molar-refractivity contribution in [3.8, 4) is 0 Å². The molecular weight excluding hydrogens is 88.0 g/mol. The van der Waals surface area contributed by atoms with E-state index >= 15 is 0 Å². The minimum absolute atomic E-state index is 0.713. The molecule has 0 fully saturated rings. The Hall–Kier alpha value is 0.660. The summed E-state index contributed by atoms with van der Waals surface area (Å²) in [7, 11) is 1.71. The Kier molecular flexibility index (Phi) is 2.25. The second-order valence-corrected chi connectivity index (χ2v) is 4.65. The van der Waals surface area contributed by atoms with E-state index < -0.39 is 7.40 Å². The molecule has 0 spiro atoms. The SMILES string of the molecule is C[PH](=N)P. The van der Waals surface area contributed by atoms with E-state index in [1.54, 1.807) is 0 Å². The molecule has 0 radical (unpaired) electrons. The topological polar surface area (TPSA) is 23.9 Å². The normalized spacial score (nSPS) is 15.5. The van der Waals surface area contributed by atoms with Crippen molar-refractivity contribution in [2.24, 2.45) is 0 Å². The molecule has 3 heteroatoms. The lowest BCUT2D eigenvalue weighted by atomic mass is 12.0. The molecule has 0 aromatic rings. The van der Waals surface area contributed by atoms with Crippen molar-refractivity contribution in [1.82, 2.24) is 0 Å². The van der Waals surface area contributed by atoms with Crippen molar-refractivity contribution < 1.29 is 0 Å². The van der Waals surface area contributed by atoms with E-state index in [1.165, 1.54) is 0 Å². The van der Waals surface area contributed by atoms with E-state index in [9.17, 15) is 0 Å². The zero-order chi connectivity index (χ0) is 3.58. The Morgan fingerprint density at radius 1 is 2.00 bits per heavy atom. The van der Waals surface area contributed by atoms with Gasteiger partial charge in [-0.15, -0.1) is 0 Å². The molecule has 0 heterocycles. The molecule has 0 saturated carbocycles. The van der Waals surface area contributed by atoms with Gasteiger partial charge in [0.2, 0.25) is 0 Å². The lowest BCUT2D eigenvalue weighted by Crippen LogP contribution is -1.13. The fourth-order valence-electron chi connectivity index (χ4n) is 0. The third-order valence-electron chi connectivity index (χ3n) is 0. The maximum Gasteiger partial charge on any atom is -0.0290 e. The predicted octanol–water partition coefficient (Wildman–Crippen LogP) is 1.38. The fraction of sp³-hybridized carbons (Fsp3) is 1.00. The summed E-state index contributed by atoms with van der Waals surface area (Å²) in [6, 6.07) is 0. The number of nitrogens with one attached hydrogen (secondary N) is 1. The number of hydrogen-bond acceptors (Lipinski definition) is 1. The van der Waals surface area contributed by atoms with E-state index in [0.717, 1.165) is 0 Å². The molecular formula is CH7NP2.